The lowest BCUT2D eigenvalue weighted by molar-refractivity contribution is -0.115. The molecular formula is C14H13IN2O. The number of hydrogen-bond acceptors (Lipinski definition) is 2. The fraction of sp³-hybridized carbons (Fsp3) is 0.143. The van der Waals surface area contributed by atoms with Crippen LogP contribution in [0.3, 0.4) is 0 Å². The van der Waals surface area contributed by atoms with E-state index in [1.54, 1.807) is 6.20 Å². The van der Waals surface area contributed by atoms with Gasteiger partial charge in [0.25, 0.3) is 0 Å². The van der Waals surface area contributed by atoms with E-state index in [0.717, 1.165) is 20.2 Å². The van der Waals surface area contributed by atoms with E-state index in [-0.39, 0.29) is 5.91 Å². The highest BCUT2D eigenvalue weighted by molar-refractivity contribution is 14.1. The number of halogens is 1. The molecule has 0 unspecified atom stereocenters. The Hall–Kier alpha value is -1.43. The Morgan fingerprint density at radius 3 is 3.06 bits per heavy atom. The standard InChI is InChI=1S/C14H13IN2O/c1-2-3-6-13(18)17-12-8-7-11(15)10-5-4-9-16-14(10)12/h2-5,7-9H,6H2,1H3,(H,17,18)/b3-2-. The number of hydrogen-bond donors (Lipinski definition) is 1. The number of benzene rings is 1. The zero-order valence-electron chi connectivity index (χ0n) is 9.98. The molecule has 0 atom stereocenters. The number of nitrogens with one attached hydrogen (secondary N) is 1. The molecule has 0 aliphatic carbocycles. The van der Waals surface area contributed by atoms with Crippen molar-refractivity contribution in [3.05, 3.63) is 46.2 Å². The molecule has 0 saturated heterocycles. The van der Waals surface area contributed by atoms with Gasteiger partial charge in [-0.3, -0.25) is 9.78 Å². The van der Waals surface area contributed by atoms with Gasteiger partial charge < -0.3 is 5.32 Å². The average Bonchev–Trinajstić information content (AvgIpc) is 2.40. The predicted octanol–water partition coefficient (Wildman–Crippen LogP) is 3.74. The third-order valence-electron chi connectivity index (χ3n) is 2.53. The van der Waals surface area contributed by atoms with Crippen LogP contribution in [-0.2, 0) is 4.79 Å². The summed E-state index contributed by atoms with van der Waals surface area (Å²) in [5.41, 5.74) is 1.60. The molecule has 2 rings (SSSR count). The zero-order chi connectivity index (χ0) is 13.0. The molecule has 1 N–H and O–H groups in total. The first kappa shape index (κ1) is 13.0. The van der Waals surface area contributed by atoms with Gasteiger partial charge in [0.2, 0.25) is 5.91 Å². The normalized spacial score (nSPS) is 11.0. The SMILES string of the molecule is C/C=C\CC(=O)Nc1ccc(I)c2cccnc12. The monoisotopic (exact) mass is 352 g/mol. The second-order valence-electron chi connectivity index (χ2n) is 3.82. The van der Waals surface area contributed by atoms with Crippen molar-refractivity contribution in [2.24, 2.45) is 0 Å². The highest BCUT2D eigenvalue weighted by Gasteiger charge is 2.07. The molecule has 3 nitrogen and oxygen atoms in total. The van der Waals surface area contributed by atoms with Gasteiger partial charge in [-0.1, -0.05) is 18.2 Å². The minimum Gasteiger partial charge on any atom is -0.324 e. The summed E-state index contributed by atoms with van der Waals surface area (Å²) in [7, 11) is 0. The summed E-state index contributed by atoms with van der Waals surface area (Å²) in [6, 6.07) is 7.78. The molecule has 0 radical (unpaired) electrons. The molecular weight excluding hydrogens is 339 g/mol. The molecule has 0 fully saturated rings. The van der Waals surface area contributed by atoms with Crippen molar-refractivity contribution in [2.45, 2.75) is 13.3 Å². The molecule has 1 aromatic heterocycles. The number of pyridine rings is 1. The van der Waals surface area contributed by atoms with Gasteiger partial charge in [0.15, 0.2) is 0 Å². The summed E-state index contributed by atoms with van der Waals surface area (Å²) in [5.74, 6) is -0.0266. The largest absolute Gasteiger partial charge is 0.324 e. The number of fused-ring (bicyclic) bond motifs is 1. The van der Waals surface area contributed by atoms with Crippen molar-refractivity contribution in [2.75, 3.05) is 5.32 Å². The highest BCUT2D eigenvalue weighted by Crippen LogP contribution is 2.25. The van der Waals surface area contributed by atoms with Crippen LogP contribution in [0.5, 0.6) is 0 Å². The fourth-order valence-corrected chi connectivity index (χ4v) is 2.28. The number of carbonyl (C=O) groups is 1. The van der Waals surface area contributed by atoms with E-state index in [2.05, 4.69) is 32.9 Å². The first-order valence-corrected chi connectivity index (χ1v) is 6.74. The van der Waals surface area contributed by atoms with E-state index >= 15 is 0 Å². The second-order valence-corrected chi connectivity index (χ2v) is 4.98. The van der Waals surface area contributed by atoms with Crippen molar-refractivity contribution in [3.8, 4) is 0 Å². The first-order chi connectivity index (χ1) is 8.72. The maximum atomic E-state index is 11.7. The van der Waals surface area contributed by atoms with E-state index in [0.29, 0.717) is 6.42 Å². The lowest BCUT2D eigenvalue weighted by Gasteiger charge is -2.08. The van der Waals surface area contributed by atoms with Gasteiger partial charge in [-0.2, -0.15) is 0 Å². The van der Waals surface area contributed by atoms with Crippen LogP contribution in [-0.4, -0.2) is 10.9 Å². The van der Waals surface area contributed by atoms with Crippen molar-refractivity contribution in [1.82, 2.24) is 4.98 Å². The average molecular weight is 352 g/mol. The number of nitrogens with zero attached hydrogens (tertiary/aromatic N) is 1. The molecule has 92 valence electrons. The lowest BCUT2D eigenvalue weighted by Crippen LogP contribution is -2.10. The summed E-state index contributed by atoms with van der Waals surface area (Å²) in [4.78, 5) is 16.0. The Labute approximate surface area is 119 Å². The minimum absolute atomic E-state index is 0.0266. The van der Waals surface area contributed by atoms with Crippen LogP contribution in [0.1, 0.15) is 13.3 Å². The molecule has 0 aliphatic heterocycles. The zero-order valence-corrected chi connectivity index (χ0v) is 12.1. The number of amides is 1. The van der Waals surface area contributed by atoms with Crippen LogP contribution in [0.4, 0.5) is 5.69 Å². The van der Waals surface area contributed by atoms with Crippen LogP contribution in [0, 0.1) is 3.57 Å². The van der Waals surface area contributed by atoms with Gasteiger partial charge >= 0.3 is 0 Å². The molecule has 0 spiro atoms. The third kappa shape index (κ3) is 2.87. The topological polar surface area (TPSA) is 42.0 Å². The third-order valence-corrected chi connectivity index (χ3v) is 3.47. The summed E-state index contributed by atoms with van der Waals surface area (Å²) in [5, 5.41) is 3.95. The van der Waals surface area contributed by atoms with Crippen molar-refractivity contribution < 1.29 is 4.79 Å². The van der Waals surface area contributed by atoms with Gasteiger partial charge in [0.05, 0.1) is 11.2 Å². The Kier molecular flexibility index (Phi) is 4.30. The molecule has 0 aliphatic rings. The number of rotatable bonds is 3. The van der Waals surface area contributed by atoms with Gasteiger partial charge in [-0.05, 0) is 47.7 Å². The first-order valence-electron chi connectivity index (χ1n) is 5.66. The predicted molar refractivity (Wildman–Crippen MR) is 82.5 cm³/mol. The number of aromatic nitrogens is 1. The van der Waals surface area contributed by atoms with Gasteiger partial charge in [-0.25, -0.2) is 0 Å². The maximum Gasteiger partial charge on any atom is 0.228 e. The smallest absolute Gasteiger partial charge is 0.228 e. The van der Waals surface area contributed by atoms with E-state index in [9.17, 15) is 4.79 Å². The molecule has 18 heavy (non-hydrogen) atoms. The Morgan fingerprint density at radius 2 is 2.28 bits per heavy atom. The maximum absolute atomic E-state index is 11.7. The number of carbonyl (C=O) groups excluding carboxylic acids is 1. The number of anilines is 1. The van der Waals surface area contributed by atoms with Crippen LogP contribution in [0.25, 0.3) is 10.9 Å². The second kappa shape index (κ2) is 5.95. The van der Waals surface area contributed by atoms with Crippen LogP contribution >= 0.6 is 22.6 Å². The van der Waals surface area contributed by atoms with E-state index in [4.69, 9.17) is 0 Å². The van der Waals surface area contributed by atoms with Crippen LogP contribution in [0.2, 0.25) is 0 Å². The van der Waals surface area contributed by atoms with Crippen molar-refractivity contribution in [3.63, 3.8) is 0 Å². The quantitative estimate of drug-likeness (QED) is 0.675. The van der Waals surface area contributed by atoms with Crippen LogP contribution < -0.4 is 5.32 Å². The van der Waals surface area contributed by atoms with E-state index in [1.807, 2.05) is 43.3 Å². The van der Waals surface area contributed by atoms with Crippen LogP contribution in [0.15, 0.2) is 42.6 Å². The molecule has 0 bridgehead atoms. The molecule has 4 heteroatoms. The van der Waals surface area contributed by atoms with Crippen molar-refractivity contribution in [1.29, 1.82) is 0 Å². The van der Waals surface area contributed by atoms with Gasteiger partial charge in [-0.15, -0.1) is 0 Å². The lowest BCUT2D eigenvalue weighted by atomic mass is 10.2. The molecule has 1 aromatic carbocycles. The molecule has 2 aromatic rings. The molecule has 1 amide bonds. The fourth-order valence-electron chi connectivity index (χ4n) is 1.66. The minimum atomic E-state index is -0.0266. The van der Waals surface area contributed by atoms with Crippen molar-refractivity contribution >= 4 is 45.1 Å². The van der Waals surface area contributed by atoms with Gasteiger partial charge in [0, 0.05) is 21.6 Å². The Balaban J connectivity index is 2.34. The van der Waals surface area contributed by atoms with E-state index in [1.165, 1.54) is 0 Å². The molecule has 1 heterocycles. The summed E-state index contributed by atoms with van der Waals surface area (Å²) >= 11 is 2.27. The summed E-state index contributed by atoms with van der Waals surface area (Å²) in [6.07, 6.45) is 5.82. The Morgan fingerprint density at radius 1 is 1.44 bits per heavy atom. The number of allylic oxidation sites excluding steroid dienone is 1. The van der Waals surface area contributed by atoms with Gasteiger partial charge in [0.1, 0.15) is 0 Å². The summed E-state index contributed by atoms with van der Waals surface area (Å²) < 4.78 is 1.13. The summed E-state index contributed by atoms with van der Waals surface area (Å²) in [6.45, 7) is 1.90. The molecule has 0 saturated carbocycles. The highest BCUT2D eigenvalue weighted by atomic mass is 127. The van der Waals surface area contributed by atoms with E-state index < -0.39 is 0 Å². The Bertz CT molecular complexity index is 608.